The van der Waals surface area contributed by atoms with Crippen molar-refractivity contribution < 1.29 is 9.47 Å². The second-order valence-electron chi connectivity index (χ2n) is 2.32. The summed E-state index contributed by atoms with van der Waals surface area (Å²) in [4.78, 5) is 18.8. The number of nitrogens with zero attached hydrogens (tertiary/aromatic N) is 3. The van der Waals surface area contributed by atoms with Gasteiger partial charge in [0.25, 0.3) is 0 Å². The molecule has 1 rings (SSSR count). The monoisotopic (exact) mass is 219 g/mol. The van der Waals surface area contributed by atoms with Crippen LogP contribution in [0.3, 0.4) is 0 Å². The number of hydrogen-bond acceptors (Lipinski definition) is 5. The van der Waals surface area contributed by atoms with E-state index in [9.17, 15) is 4.79 Å². The molecule has 0 atom stereocenters. The van der Waals surface area contributed by atoms with E-state index in [4.69, 9.17) is 21.1 Å². The largest absolute Gasteiger partial charge is 0.468 e. The Morgan fingerprint density at radius 1 is 1.36 bits per heavy atom. The van der Waals surface area contributed by atoms with Crippen molar-refractivity contribution in [1.82, 2.24) is 14.5 Å². The van der Waals surface area contributed by atoms with Crippen molar-refractivity contribution in [2.45, 2.75) is 6.54 Å². The van der Waals surface area contributed by atoms with E-state index in [0.717, 1.165) is 0 Å². The molecule has 6 nitrogen and oxygen atoms in total. The lowest BCUT2D eigenvalue weighted by Gasteiger charge is -2.08. The minimum absolute atomic E-state index is 0.0160. The van der Waals surface area contributed by atoms with E-state index in [-0.39, 0.29) is 17.9 Å². The smallest absolute Gasteiger partial charge is 0.356 e. The van der Waals surface area contributed by atoms with Gasteiger partial charge in [-0.05, 0) is 0 Å². The Kier molecular flexibility index (Phi) is 3.70. The topological polar surface area (TPSA) is 66.2 Å². The molecule has 0 aromatic carbocycles. The zero-order valence-corrected chi connectivity index (χ0v) is 8.61. The van der Waals surface area contributed by atoms with Crippen molar-refractivity contribution in [3.8, 4) is 12.0 Å². The Morgan fingerprint density at radius 2 is 2.07 bits per heavy atom. The summed E-state index contributed by atoms with van der Waals surface area (Å²) >= 11 is 5.51. The van der Waals surface area contributed by atoms with Crippen LogP contribution in [0.15, 0.2) is 4.79 Å². The molecule has 0 fully saturated rings. The maximum absolute atomic E-state index is 11.4. The van der Waals surface area contributed by atoms with Crippen LogP contribution in [0.2, 0.25) is 0 Å². The standard InChI is InChI=1S/C7H10ClN3O3/c1-13-5-9-6(12)11(4-3-8)7(10-5)14-2/h3-4H2,1-2H3. The van der Waals surface area contributed by atoms with E-state index in [1.165, 1.54) is 18.8 Å². The van der Waals surface area contributed by atoms with Crippen molar-refractivity contribution in [1.29, 1.82) is 0 Å². The Hall–Kier alpha value is -1.30. The van der Waals surface area contributed by atoms with E-state index in [1.54, 1.807) is 0 Å². The van der Waals surface area contributed by atoms with Gasteiger partial charge in [0, 0.05) is 12.4 Å². The highest BCUT2D eigenvalue weighted by Crippen LogP contribution is 2.06. The quantitative estimate of drug-likeness (QED) is 0.662. The highest BCUT2D eigenvalue weighted by atomic mass is 35.5. The molecule has 0 aliphatic rings. The Morgan fingerprint density at radius 3 is 2.57 bits per heavy atom. The molecule has 0 aliphatic carbocycles. The van der Waals surface area contributed by atoms with Gasteiger partial charge in [0.1, 0.15) is 0 Å². The molecule has 0 N–H and O–H groups in total. The van der Waals surface area contributed by atoms with Gasteiger partial charge in [0.2, 0.25) is 0 Å². The fraction of sp³-hybridized carbons (Fsp3) is 0.571. The second kappa shape index (κ2) is 4.80. The number of hydrogen-bond donors (Lipinski definition) is 0. The Balaban J connectivity index is 3.20. The van der Waals surface area contributed by atoms with Crippen LogP contribution in [0.25, 0.3) is 0 Å². The Bertz CT molecular complexity index is 366. The number of aromatic nitrogens is 3. The van der Waals surface area contributed by atoms with Gasteiger partial charge in [-0.1, -0.05) is 0 Å². The minimum Gasteiger partial charge on any atom is -0.468 e. The number of halogens is 1. The molecule has 14 heavy (non-hydrogen) atoms. The maximum atomic E-state index is 11.4. The van der Waals surface area contributed by atoms with Crippen LogP contribution in [0.1, 0.15) is 0 Å². The number of alkyl halides is 1. The summed E-state index contributed by atoms with van der Waals surface area (Å²) in [7, 11) is 2.78. The predicted molar refractivity (Wildman–Crippen MR) is 50.1 cm³/mol. The zero-order valence-electron chi connectivity index (χ0n) is 7.86. The first kappa shape index (κ1) is 10.8. The molecular formula is C7H10ClN3O3. The van der Waals surface area contributed by atoms with E-state index in [2.05, 4.69) is 9.97 Å². The summed E-state index contributed by atoms with van der Waals surface area (Å²) < 4.78 is 10.8. The summed E-state index contributed by atoms with van der Waals surface area (Å²) in [5.74, 6) is 0.284. The normalized spacial score (nSPS) is 9.93. The van der Waals surface area contributed by atoms with Gasteiger partial charge in [-0.15, -0.1) is 21.6 Å². The molecule has 0 spiro atoms. The van der Waals surface area contributed by atoms with Gasteiger partial charge in [-0.2, -0.15) is 0 Å². The van der Waals surface area contributed by atoms with E-state index in [0.29, 0.717) is 6.54 Å². The molecule has 0 saturated heterocycles. The predicted octanol–water partition coefficient (Wildman–Crippen LogP) is -0.106. The summed E-state index contributed by atoms with van der Waals surface area (Å²) in [6, 6.07) is 0.125. The number of rotatable bonds is 4. The number of methoxy groups -OCH3 is 2. The molecule has 0 radical (unpaired) electrons. The molecule has 0 bridgehead atoms. The van der Waals surface area contributed by atoms with Crippen LogP contribution in [-0.4, -0.2) is 34.6 Å². The van der Waals surface area contributed by atoms with Gasteiger partial charge in [0.15, 0.2) is 0 Å². The van der Waals surface area contributed by atoms with Gasteiger partial charge >= 0.3 is 17.7 Å². The van der Waals surface area contributed by atoms with Crippen molar-refractivity contribution in [3.05, 3.63) is 10.5 Å². The molecule has 1 aromatic heterocycles. The van der Waals surface area contributed by atoms with Gasteiger partial charge in [-0.25, -0.2) is 9.36 Å². The summed E-state index contributed by atoms with van der Waals surface area (Å²) in [5, 5.41) is 0. The highest BCUT2D eigenvalue weighted by Gasteiger charge is 2.09. The molecule has 0 aliphatic heterocycles. The third-order valence-corrected chi connectivity index (χ3v) is 1.69. The van der Waals surface area contributed by atoms with Crippen molar-refractivity contribution >= 4 is 11.6 Å². The van der Waals surface area contributed by atoms with Gasteiger partial charge in [0.05, 0.1) is 14.2 Å². The summed E-state index contributed by atoms with van der Waals surface area (Å²) in [6.07, 6.45) is 0. The van der Waals surface area contributed by atoms with Gasteiger partial charge in [-0.3, -0.25) is 0 Å². The minimum atomic E-state index is -0.491. The fourth-order valence-electron chi connectivity index (χ4n) is 0.914. The summed E-state index contributed by atoms with van der Waals surface area (Å²) in [6.45, 7) is 0.299. The van der Waals surface area contributed by atoms with E-state index < -0.39 is 5.69 Å². The maximum Gasteiger partial charge on any atom is 0.356 e. The number of ether oxygens (including phenoxy) is 2. The van der Waals surface area contributed by atoms with Crippen LogP contribution >= 0.6 is 11.6 Å². The molecule has 78 valence electrons. The molecule has 7 heteroatoms. The van der Waals surface area contributed by atoms with Crippen LogP contribution in [0.5, 0.6) is 12.0 Å². The van der Waals surface area contributed by atoms with Crippen LogP contribution in [0, 0.1) is 0 Å². The highest BCUT2D eigenvalue weighted by molar-refractivity contribution is 6.17. The fourth-order valence-corrected chi connectivity index (χ4v) is 1.08. The van der Waals surface area contributed by atoms with Crippen molar-refractivity contribution in [2.24, 2.45) is 0 Å². The second-order valence-corrected chi connectivity index (χ2v) is 2.70. The molecule has 0 saturated carbocycles. The molecule has 1 heterocycles. The SMILES string of the molecule is COc1nc(OC)n(CCCl)c(=O)n1. The zero-order chi connectivity index (χ0) is 10.6. The lowest BCUT2D eigenvalue weighted by Crippen LogP contribution is -2.26. The Labute approximate surface area is 85.5 Å². The average molecular weight is 220 g/mol. The molecular weight excluding hydrogens is 210 g/mol. The van der Waals surface area contributed by atoms with Crippen molar-refractivity contribution in [3.63, 3.8) is 0 Å². The van der Waals surface area contributed by atoms with Crippen LogP contribution in [-0.2, 0) is 6.54 Å². The molecule has 0 unspecified atom stereocenters. The third kappa shape index (κ3) is 2.14. The lowest BCUT2D eigenvalue weighted by molar-refractivity contribution is 0.314. The van der Waals surface area contributed by atoms with Crippen LogP contribution in [0.4, 0.5) is 0 Å². The summed E-state index contributed by atoms with van der Waals surface area (Å²) in [5.41, 5.74) is -0.491. The van der Waals surface area contributed by atoms with Gasteiger partial charge < -0.3 is 9.47 Å². The van der Waals surface area contributed by atoms with Crippen LogP contribution < -0.4 is 15.2 Å². The molecule has 1 aromatic rings. The first-order valence-corrected chi connectivity index (χ1v) is 4.39. The lowest BCUT2D eigenvalue weighted by atomic mass is 10.7. The first-order valence-electron chi connectivity index (χ1n) is 3.85. The average Bonchev–Trinajstić information content (AvgIpc) is 2.20. The van der Waals surface area contributed by atoms with E-state index >= 15 is 0 Å². The first-order chi connectivity index (χ1) is 6.72. The van der Waals surface area contributed by atoms with E-state index in [1.807, 2.05) is 0 Å². The van der Waals surface area contributed by atoms with Crippen molar-refractivity contribution in [2.75, 3.05) is 20.1 Å². The third-order valence-electron chi connectivity index (χ3n) is 1.52. The molecule has 0 amide bonds.